The quantitative estimate of drug-likeness (QED) is 0.789. The van der Waals surface area contributed by atoms with Gasteiger partial charge in [0.25, 0.3) is 0 Å². The van der Waals surface area contributed by atoms with Crippen molar-refractivity contribution in [2.24, 2.45) is 0 Å². The lowest BCUT2D eigenvalue weighted by molar-refractivity contribution is 0.276. The van der Waals surface area contributed by atoms with Crippen molar-refractivity contribution >= 4 is 5.82 Å². The van der Waals surface area contributed by atoms with E-state index in [-0.39, 0.29) is 0 Å². The topological polar surface area (TPSA) is 29.0 Å². The smallest absolute Gasteiger partial charge is 0.132 e. The second-order valence-electron chi connectivity index (χ2n) is 5.09. The molecule has 0 spiro atoms. The van der Waals surface area contributed by atoms with Crippen LogP contribution in [0.4, 0.5) is 10.2 Å². The molecular formula is C13H18FN3. The molecule has 0 amide bonds. The Morgan fingerprint density at radius 2 is 1.88 bits per heavy atom. The van der Waals surface area contributed by atoms with Gasteiger partial charge in [-0.2, -0.15) is 0 Å². The predicted molar refractivity (Wildman–Crippen MR) is 65.0 cm³/mol. The third kappa shape index (κ3) is 2.26. The van der Waals surface area contributed by atoms with E-state index in [0.717, 1.165) is 18.9 Å². The van der Waals surface area contributed by atoms with Gasteiger partial charge in [-0.3, -0.25) is 0 Å². The van der Waals surface area contributed by atoms with Crippen molar-refractivity contribution in [1.82, 2.24) is 9.97 Å². The number of halogens is 1. The van der Waals surface area contributed by atoms with Gasteiger partial charge in [0.2, 0.25) is 0 Å². The number of rotatable bonds is 2. The third-order valence-corrected chi connectivity index (χ3v) is 3.95. The number of aromatic nitrogens is 2. The van der Waals surface area contributed by atoms with Crippen molar-refractivity contribution in [2.45, 2.75) is 44.2 Å². The average Bonchev–Trinajstić information content (AvgIpc) is 2.28. The molecule has 1 saturated heterocycles. The minimum Gasteiger partial charge on any atom is -0.356 e. The van der Waals surface area contributed by atoms with Crippen molar-refractivity contribution in [3.8, 4) is 0 Å². The van der Waals surface area contributed by atoms with Crippen LogP contribution in [-0.2, 0) is 0 Å². The molecule has 92 valence electrons. The zero-order valence-corrected chi connectivity index (χ0v) is 9.98. The Hall–Kier alpha value is -1.19. The SMILES string of the molecule is FC1CCN(c2cc(C3CCC3)ncn2)CC1. The van der Waals surface area contributed by atoms with E-state index in [1.165, 1.54) is 25.0 Å². The molecule has 3 rings (SSSR count). The van der Waals surface area contributed by atoms with Gasteiger partial charge in [0.15, 0.2) is 0 Å². The molecule has 1 aromatic rings. The van der Waals surface area contributed by atoms with Crippen LogP contribution in [0, 0.1) is 0 Å². The van der Waals surface area contributed by atoms with Gasteiger partial charge in [-0.1, -0.05) is 6.42 Å². The Morgan fingerprint density at radius 3 is 2.53 bits per heavy atom. The molecule has 1 aromatic heterocycles. The first-order valence-corrected chi connectivity index (χ1v) is 6.54. The first-order valence-electron chi connectivity index (χ1n) is 6.54. The molecule has 2 fully saturated rings. The second kappa shape index (κ2) is 4.59. The first-order chi connectivity index (χ1) is 8.33. The molecule has 0 N–H and O–H groups in total. The predicted octanol–water partition coefficient (Wildman–Crippen LogP) is 2.68. The molecule has 1 aliphatic heterocycles. The maximum absolute atomic E-state index is 13.1. The van der Waals surface area contributed by atoms with Gasteiger partial charge in [0.05, 0.1) is 0 Å². The minimum absolute atomic E-state index is 0.626. The zero-order chi connectivity index (χ0) is 11.7. The van der Waals surface area contributed by atoms with E-state index in [9.17, 15) is 4.39 Å². The molecule has 0 atom stereocenters. The lowest BCUT2D eigenvalue weighted by atomic mass is 9.83. The van der Waals surface area contributed by atoms with Gasteiger partial charge in [-0.15, -0.1) is 0 Å². The van der Waals surface area contributed by atoms with Crippen molar-refractivity contribution < 1.29 is 4.39 Å². The van der Waals surface area contributed by atoms with E-state index in [1.54, 1.807) is 6.33 Å². The van der Waals surface area contributed by atoms with Gasteiger partial charge < -0.3 is 4.90 Å². The lowest BCUT2D eigenvalue weighted by Gasteiger charge is -2.31. The van der Waals surface area contributed by atoms with Crippen LogP contribution in [0.3, 0.4) is 0 Å². The third-order valence-electron chi connectivity index (χ3n) is 3.95. The molecule has 2 heterocycles. The van der Waals surface area contributed by atoms with Crippen molar-refractivity contribution in [1.29, 1.82) is 0 Å². The van der Waals surface area contributed by atoms with Crippen LogP contribution in [-0.4, -0.2) is 29.2 Å². The fraction of sp³-hybridized carbons (Fsp3) is 0.692. The number of nitrogens with zero attached hydrogens (tertiary/aromatic N) is 3. The summed E-state index contributed by atoms with van der Waals surface area (Å²) >= 11 is 0. The molecule has 4 heteroatoms. The van der Waals surface area contributed by atoms with Gasteiger partial charge in [-0.25, -0.2) is 14.4 Å². The Morgan fingerprint density at radius 1 is 1.12 bits per heavy atom. The molecule has 0 bridgehead atoms. The fourth-order valence-electron chi connectivity index (χ4n) is 2.54. The van der Waals surface area contributed by atoms with Crippen LogP contribution < -0.4 is 4.90 Å². The molecule has 0 unspecified atom stereocenters. The second-order valence-corrected chi connectivity index (χ2v) is 5.09. The summed E-state index contributed by atoms with van der Waals surface area (Å²) in [4.78, 5) is 10.9. The van der Waals surface area contributed by atoms with E-state index < -0.39 is 6.17 Å². The molecule has 17 heavy (non-hydrogen) atoms. The van der Waals surface area contributed by atoms with Gasteiger partial charge in [0, 0.05) is 30.8 Å². The Kier molecular flexibility index (Phi) is 2.95. The highest BCUT2D eigenvalue weighted by atomic mass is 19.1. The molecule has 0 aromatic carbocycles. The minimum atomic E-state index is -0.626. The summed E-state index contributed by atoms with van der Waals surface area (Å²) in [6, 6.07) is 2.10. The highest BCUT2D eigenvalue weighted by molar-refractivity contribution is 5.40. The van der Waals surface area contributed by atoms with Crippen molar-refractivity contribution in [3.05, 3.63) is 18.1 Å². The van der Waals surface area contributed by atoms with Crippen LogP contribution in [0.2, 0.25) is 0 Å². The monoisotopic (exact) mass is 235 g/mol. The maximum atomic E-state index is 13.1. The van der Waals surface area contributed by atoms with E-state index in [4.69, 9.17) is 0 Å². The van der Waals surface area contributed by atoms with Crippen molar-refractivity contribution in [3.63, 3.8) is 0 Å². The number of alkyl halides is 1. The van der Waals surface area contributed by atoms with Crippen molar-refractivity contribution in [2.75, 3.05) is 18.0 Å². The Balaban J connectivity index is 1.73. The maximum Gasteiger partial charge on any atom is 0.132 e. The number of piperidine rings is 1. The summed E-state index contributed by atoms with van der Waals surface area (Å²) in [5, 5.41) is 0. The average molecular weight is 235 g/mol. The summed E-state index contributed by atoms with van der Waals surface area (Å²) in [5.74, 6) is 1.62. The molecule has 3 nitrogen and oxygen atoms in total. The lowest BCUT2D eigenvalue weighted by Crippen LogP contribution is -2.35. The van der Waals surface area contributed by atoms with E-state index in [1.807, 2.05) is 0 Å². The highest BCUT2D eigenvalue weighted by Gasteiger charge is 2.23. The number of hydrogen-bond acceptors (Lipinski definition) is 3. The highest BCUT2D eigenvalue weighted by Crippen LogP contribution is 2.36. The number of anilines is 1. The summed E-state index contributed by atoms with van der Waals surface area (Å²) in [6.07, 6.45) is 6.11. The van der Waals surface area contributed by atoms with Crippen LogP contribution in [0.15, 0.2) is 12.4 Å². The zero-order valence-electron chi connectivity index (χ0n) is 9.98. The Bertz CT molecular complexity index is 384. The summed E-state index contributed by atoms with van der Waals surface area (Å²) in [6.45, 7) is 1.56. The van der Waals surface area contributed by atoms with Crippen LogP contribution in [0.1, 0.15) is 43.7 Å². The Labute approximate surface area is 101 Å². The summed E-state index contributed by atoms with van der Waals surface area (Å²) in [7, 11) is 0. The van der Waals surface area contributed by atoms with Gasteiger partial charge in [0.1, 0.15) is 18.3 Å². The largest absolute Gasteiger partial charge is 0.356 e. The van der Waals surface area contributed by atoms with Gasteiger partial charge >= 0.3 is 0 Å². The van der Waals surface area contributed by atoms with Crippen LogP contribution in [0.5, 0.6) is 0 Å². The summed E-state index contributed by atoms with van der Waals surface area (Å²) in [5.41, 5.74) is 1.17. The standard InChI is InChI=1S/C13H18FN3/c14-11-4-6-17(7-5-11)13-8-12(15-9-16-13)10-2-1-3-10/h8-11H,1-7H2. The first kappa shape index (κ1) is 10.9. The molecule has 0 radical (unpaired) electrons. The normalized spacial score (nSPS) is 22.5. The fourth-order valence-corrected chi connectivity index (χ4v) is 2.54. The van der Waals surface area contributed by atoms with E-state index >= 15 is 0 Å². The van der Waals surface area contributed by atoms with E-state index in [2.05, 4.69) is 20.9 Å². The van der Waals surface area contributed by atoms with Gasteiger partial charge in [-0.05, 0) is 25.7 Å². The molecule has 2 aliphatic rings. The van der Waals surface area contributed by atoms with Crippen LogP contribution in [0.25, 0.3) is 0 Å². The molecule has 1 saturated carbocycles. The molecular weight excluding hydrogens is 217 g/mol. The van der Waals surface area contributed by atoms with E-state index in [0.29, 0.717) is 18.8 Å². The molecule has 1 aliphatic carbocycles. The number of hydrogen-bond donors (Lipinski definition) is 0. The van der Waals surface area contributed by atoms with Crippen LogP contribution >= 0.6 is 0 Å². The summed E-state index contributed by atoms with van der Waals surface area (Å²) < 4.78 is 13.1.